The Labute approximate surface area is 149 Å². The summed E-state index contributed by atoms with van der Waals surface area (Å²) in [5, 5.41) is 9.34. The van der Waals surface area contributed by atoms with Crippen LogP contribution in [0, 0.1) is 0 Å². The van der Waals surface area contributed by atoms with Crippen molar-refractivity contribution in [1.82, 2.24) is 0 Å². The van der Waals surface area contributed by atoms with E-state index in [4.69, 9.17) is 4.74 Å². The highest BCUT2D eigenvalue weighted by Gasteiger charge is 2.14. The van der Waals surface area contributed by atoms with Crippen molar-refractivity contribution in [1.29, 1.82) is 0 Å². The van der Waals surface area contributed by atoms with Gasteiger partial charge in [0, 0.05) is 0 Å². The van der Waals surface area contributed by atoms with Crippen LogP contribution >= 0.6 is 0 Å². The van der Waals surface area contributed by atoms with Gasteiger partial charge >= 0.3 is 0 Å². The van der Waals surface area contributed by atoms with Crippen LogP contribution in [0.15, 0.2) is 47.4 Å². The number of rotatable bonds is 9. The van der Waals surface area contributed by atoms with E-state index in [1.165, 1.54) is 30.7 Å². The first-order chi connectivity index (χ1) is 11.9. The second-order valence-electron chi connectivity index (χ2n) is 6.00. The molecule has 0 fully saturated rings. The van der Waals surface area contributed by atoms with Gasteiger partial charge in [0.1, 0.15) is 17.2 Å². The Morgan fingerprint density at radius 2 is 1.64 bits per heavy atom. The molecule has 136 valence electrons. The maximum atomic E-state index is 11.4. The first-order valence-electron chi connectivity index (χ1n) is 8.47. The molecule has 2 rings (SSSR count). The number of aromatic hydroxyl groups is 1. The lowest BCUT2D eigenvalue weighted by molar-refractivity contribution is 0.459. The summed E-state index contributed by atoms with van der Waals surface area (Å²) in [5.74, 6) is 1.24. The lowest BCUT2D eigenvalue weighted by Crippen LogP contribution is -2.01. The lowest BCUT2D eigenvalue weighted by Gasteiger charge is -2.12. The standard InChI is InChI=1S/C19H24O5S/c1-2-3-4-5-6-7-15-14-18(25(21,22)23)12-13-19(15)24-17-10-8-16(20)9-11-17/h8-14,20H,2-7H2,1H3,(H,21,22,23). The van der Waals surface area contributed by atoms with Crippen LogP contribution in [-0.2, 0) is 16.5 Å². The smallest absolute Gasteiger partial charge is 0.294 e. The quantitative estimate of drug-likeness (QED) is 0.486. The topological polar surface area (TPSA) is 83.8 Å². The first kappa shape index (κ1) is 19.3. The molecule has 2 aromatic carbocycles. The Balaban J connectivity index is 2.19. The molecule has 2 aromatic rings. The molecule has 0 saturated heterocycles. The van der Waals surface area contributed by atoms with Crippen LogP contribution in [0.3, 0.4) is 0 Å². The van der Waals surface area contributed by atoms with Crippen LogP contribution in [-0.4, -0.2) is 18.1 Å². The SMILES string of the molecule is CCCCCCCc1cc(S(=O)(=O)O)ccc1Oc1ccc(O)cc1. The molecule has 0 aliphatic carbocycles. The molecule has 0 saturated carbocycles. The average molecular weight is 364 g/mol. The maximum absolute atomic E-state index is 11.4. The summed E-state index contributed by atoms with van der Waals surface area (Å²) in [6.07, 6.45) is 6.13. The molecule has 0 atom stereocenters. The van der Waals surface area contributed by atoms with Gasteiger partial charge < -0.3 is 9.84 Å². The molecular weight excluding hydrogens is 340 g/mol. The molecule has 0 aromatic heterocycles. The van der Waals surface area contributed by atoms with E-state index >= 15 is 0 Å². The van der Waals surface area contributed by atoms with Crippen molar-refractivity contribution in [3.8, 4) is 17.2 Å². The van der Waals surface area contributed by atoms with Gasteiger partial charge in [-0.2, -0.15) is 8.42 Å². The monoisotopic (exact) mass is 364 g/mol. The third-order valence-corrected chi connectivity index (χ3v) is 4.79. The van der Waals surface area contributed by atoms with Crippen molar-refractivity contribution in [2.24, 2.45) is 0 Å². The van der Waals surface area contributed by atoms with Gasteiger partial charge in [-0.15, -0.1) is 0 Å². The minimum atomic E-state index is -4.25. The highest BCUT2D eigenvalue weighted by Crippen LogP contribution is 2.30. The zero-order valence-electron chi connectivity index (χ0n) is 14.3. The number of benzene rings is 2. The zero-order valence-corrected chi connectivity index (χ0v) is 15.1. The van der Waals surface area contributed by atoms with Gasteiger partial charge in [-0.05, 0) is 60.9 Å². The fourth-order valence-corrected chi connectivity index (χ4v) is 3.10. The van der Waals surface area contributed by atoms with Crippen LogP contribution in [0.5, 0.6) is 17.2 Å². The van der Waals surface area contributed by atoms with Crippen molar-refractivity contribution >= 4 is 10.1 Å². The van der Waals surface area contributed by atoms with E-state index in [1.807, 2.05) is 0 Å². The summed E-state index contributed by atoms with van der Waals surface area (Å²) in [6.45, 7) is 2.15. The van der Waals surface area contributed by atoms with Gasteiger partial charge in [0.15, 0.2) is 0 Å². The van der Waals surface area contributed by atoms with E-state index in [1.54, 1.807) is 18.2 Å². The third kappa shape index (κ3) is 6.07. The zero-order chi connectivity index (χ0) is 18.3. The number of unbranched alkanes of at least 4 members (excludes halogenated alkanes) is 4. The summed E-state index contributed by atoms with van der Waals surface area (Å²) in [7, 11) is -4.25. The predicted molar refractivity (Wildman–Crippen MR) is 96.9 cm³/mol. The summed E-state index contributed by atoms with van der Waals surface area (Å²) >= 11 is 0. The molecule has 5 nitrogen and oxygen atoms in total. The van der Waals surface area contributed by atoms with Gasteiger partial charge in [0.25, 0.3) is 10.1 Å². The number of ether oxygens (including phenoxy) is 1. The number of aryl methyl sites for hydroxylation is 1. The minimum Gasteiger partial charge on any atom is -0.508 e. The normalized spacial score (nSPS) is 11.4. The number of hydrogen-bond donors (Lipinski definition) is 2. The van der Waals surface area contributed by atoms with Gasteiger partial charge in [-0.1, -0.05) is 32.6 Å². The van der Waals surface area contributed by atoms with Crippen LogP contribution in [0.25, 0.3) is 0 Å². The number of phenols is 1. The molecule has 0 aliphatic rings. The highest BCUT2D eigenvalue weighted by molar-refractivity contribution is 7.85. The molecule has 0 heterocycles. The molecule has 2 N–H and O–H groups in total. The largest absolute Gasteiger partial charge is 0.508 e. The van der Waals surface area contributed by atoms with Gasteiger partial charge in [-0.25, -0.2) is 0 Å². The Morgan fingerprint density at radius 3 is 2.28 bits per heavy atom. The van der Waals surface area contributed by atoms with Crippen LogP contribution in [0.1, 0.15) is 44.6 Å². The van der Waals surface area contributed by atoms with Gasteiger partial charge in [0.05, 0.1) is 4.90 Å². The fourth-order valence-electron chi connectivity index (χ4n) is 2.57. The van der Waals surface area contributed by atoms with Crippen molar-refractivity contribution < 1.29 is 22.8 Å². The summed E-state index contributed by atoms with van der Waals surface area (Å²) in [6, 6.07) is 10.7. The van der Waals surface area contributed by atoms with Gasteiger partial charge in [0.2, 0.25) is 0 Å². The number of phenolic OH excluding ortho intramolecular Hbond substituents is 1. The van der Waals surface area contributed by atoms with E-state index < -0.39 is 10.1 Å². The van der Waals surface area contributed by atoms with Crippen LogP contribution in [0.4, 0.5) is 0 Å². The first-order valence-corrected chi connectivity index (χ1v) is 9.91. The summed E-state index contributed by atoms with van der Waals surface area (Å²) in [4.78, 5) is -0.130. The molecule has 0 aliphatic heterocycles. The summed E-state index contributed by atoms with van der Waals surface area (Å²) in [5.41, 5.74) is 0.736. The van der Waals surface area contributed by atoms with E-state index in [0.29, 0.717) is 17.9 Å². The Kier molecular flexibility index (Phi) is 6.84. The summed E-state index contributed by atoms with van der Waals surface area (Å²) < 4.78 is 37.9. The molecule has 25 heavy (non-hydrogen) atoms. The molecule has 6 heteroatoms. The fraction of sp³-hybridized carbons (Fsp3) is 0.368. The third-order valence-electron chi connectivity index (χ3n) is 3.94. The minimum absolute atomic E-state index is 0.130. The maximum Gasteiger partial charge on any atom is 0.294 e. The molecule has 0 amide bonds. The van der Waals surface area contributed by atoms with E-state index in [9.17, 15) is 18.1 Å². The Hall–Kier alpha value is -2.05. The molecule has 0 radical (unpaired) electrons. The Bertz CT molecular complexity index is 782. The van der Waals surface area contributed by atoms with E-state index in [2.05, 4.69) is 6.92 Å². The van der Waals surface area contributed by atoms with Crippen molar-refractivity contribution in [2.75, 3.05) is 0 Å². The van der Waals surface area contributed by atoms with Crippen molar-refractivity contribution in [2.45, 2.75) is 50.3 Å². The number of hydrogen-bond acceptors (Lipinski definition) is 4. The lowest BCUT2D eigenvalue weighted by atomic mass is 10.0. The van der Waals surface area contributed by atoms with Crippen molar-refractivity contribution in [3.05, 3.63) is 48.0 Å². The van der Waals surface area contributed by atoms with E-state index in [-0.39, 0.29) is 10.6 Å². The van der Waals surface area contributed by atoms with Crippen LogP contribution < -0.4 is 4.74 Å². The second-order valence-corrected chi connectivity index (χ2v) is 7.43. The van der Waals surface area contributed by atoms with Crippen molar-refractivity contribution in [3.63, 3.8) is 0 Å². The van der Waals surface area contributed by atoms with Gasteiger partial charge in [-0.3, -0.25) is 4.55 Å². The van der Waals surface area contributed by atoms with Crippen LogP contribution in [0.2, 0.25) is 0 Å². The molecule has 0 unspecified atom stereocenters. The van der Waals surface area contributed by atoms with E-state index in [0.717, 1.165) is 31.2 Å². The second kappa shape index (κ2) is 8.87. The Morgan fingerprint density at radius 1 is 0.960 bits per heavy atom. The molecule has 0 bridgehead atoms. The highest BCUT2D eigenvalue weighted by atomic mass is 32.2. The average Bonchev–Trinajstić information content (AvgIpc) is 2.57. The predicted octanol–water partition coefficient (Wildman–Crippen LogP) is 4.94. The molecular formula is C19H24O5S. The molecule has 0 spiro atoms.